The van der Waals surface area contributed by atoms with Gasteiger partial charge in [-0.3, -0.25) is 4.90 Å². The Labute approximate surface area is 105 Å². The van der Waals surface area contributed by atoms with E-state index in [2.05, 4.69) is 25.7 Å². The normalized spacial score (nSPS) is 26.8. The summed E-state index contributed by atoms with van der Waals surface area (Å²) in [4.78, 5) is 2.46. The van der Waals surface area contributed by atoms with Gasteiger partial charge in [-0.05, 0) is 34.1 Å². The summed E-state index contributed by atoms with van der Waals surface area (Å²) in [5.74, 6) is 0. The maximum atomic E-state index is 5.91. The molecule has 0 spiro atoms. The minimum atomic E-state index is -0.0679. The molecule has 1 aliphatic heterocycles. The van der Waals surface area contributed by atoms with Crippen molar-refractivity contribution in [2.45, 2.75) is 57.9 Å². The number of nitrogens with two attached hydrogens (primary N) is 1. The second-order valence-electron chi connectivity index (χ2n) is 5.78. The Bertz CT molecular complexity index is 231. The molecule has 102 valence electrons. The highest BCUT2D eigenvalue weighted by atomic mass is 16.5. The van der Waals surface area contributed by atoms with Crippen LogP contribution < -0.4 is 5.73 Å². The number of hydrogen-bond acceptors (Lipinski definition) is 4. The van der Waals surface area contributed by atoms with Crippen molar-refractivity contribution in [1.29, 1.82) is 0 Å². The SMILES string of the molecule is COC(C)(C)CC(C)N1CCOC(C(C)N)C1. The van der Waals surface area contributed by atoms with Crippen molar-refractivity contribution in [3.63, 3.8) is 0 Å². The summed E-state index contributed by atoms with van der Waals surface area (Å²) in [6, 6.07) is 0.593. The van der Waals surface area contributed by atoms with Crippen molar-refractivity contribution in [2.24, 2.45) is 5.73 Å². The van der Waals surface area contributed by atoms with Crippen LogP contribution >= 0.6 is 0 Å². The molecule has 1 heterocycles. The van der Waals surface area contributed by atoms with Gasteiger partial charge in [0.2, 0.25) is 0 Å². The molecule has 0 radical (unpaired) electrons. The molecule has 4 heteroatoms. The summed E-state index contributed by atoms with van der Waals surface area (Å²) in [5.41, 5.74) is 5.84. The van der Waals surface area contributed by atoms with E-state index in [1.807, 2.05) is 6.92 Å². The molecule has 2 N–H and O–H groups in total. The fraction of sp³-hybridized carbons (Fsp3) is 1.00. The second kappa shape index (κ2) is 6.14. The van der Waals surface area contributed by atoms with Crippen LogP contribution in [0.2, 0.25) is 0 Å². The fourth-order valence-corrected chi connectivity index (χ4v) is 2.34. The summed E-state index contributed by atoms with van der Waals surface area (Å²) < 4.78 is 11.2. The second-order valence-corrected chi connectivity index (χ2v) is 5.78. The molecule has 1 saturated heterocycles. The zero-order chi connectivity index (χ0) is 13.1. The summed E-state index contributed by atoms with van der Waals surface area (Å²) >= 11 is 0. The van der Waals surface area contributed by atoms with Gasteiger partial charge in [0.1, 0.15) is 0 Å². The zero-order valence-electron chi connectivity index (χ0n) is 11.9. The molecule has 1 fully saturated rings. The van der Waals surface area contributed by atoms with Crippen LogP contribution in [0.15, 0.2) is 0 Å². The van der Waals surface area contributed by atoms with Gasteiger partial charge in [0.25, 0.3) is 0 Å². The molecule has 0 aromatic heterocycles. The molecule has 0 bridgehead atoms. The lowest BCUT2D eigenvalue weighted by Gasteiger charge is -2.40. The molecule has 0 saturated carbocycles. The fourth-order valence-electron chi connectivity index (χ4n) is 2.34. The standard InChI is InChI=1S/C13H28N2O2/c1-10(8-13(3,4)16-5)15-6-7-17-12(9-15)11(2)14/h10-12H,6-9,14H2,1-5H3. The van der Waals surface area contributed by atoms with Crippen LogP contribution in [-0.2, 0) is 9.47 Å². The summed E-state index contributed by atoms with van der Waals surface area (Å²) in [6.45, 7) is 11.2. The molecule has 0 aromatic carbocycles. The molecular weight excluding hydrogens is 216 g/mol. The molecule has 3 atom stereocenters. The Morgan fingerprint density at radius 1 is 1.47 bits per heavy atom. The zero-order valence-corrected chi connectivity index (χ0v) is 11.9. The number of morpholine rings is 1. The molecule has 1 rings (SSSR count). The van der Waals surface area contributed by atoms with Crippen LogP contribution in [0.3, 0.4) is 0 Å². The smallest absolute Gasteiger partial charge is 0.0850 e. The van der Waals surface area contributed by atoms with E-state index in [1.165, 1.54) is 0 Å². The average molecular weight is 244 g/mol. The largest absolute Gasteiger partial charge is 0.379 e. The van der Waals surface area contributed by atoms with Crippen LogP contribution in [0.25, 0.3) is 0 Å². The van der Waals surface area contributed by atoms with E-state index in [9.17, 15) is 0 Å². The van der Waals surface area contributed by atoms with Gasteiger partial charge in [-0.1, -0.05) is 0 Å². The predicted octanol–water partition coefficient (Wildman–Crippen LogP) is 1.24. The van der Waals surface area contributed by atoms with Gasteiger partial charge < -0.3 is 15.2 Å². The highest BCUT2D eigenvalue weighted by Gasteiger charge is 2.29. The van der Waals surface area contributed by atoms with Gasteiger partial charge >= 0.3 is 0 Å². The van der Waals surface area contributed by atoms with E-state index in [1.54, 1.807) is 7.11 Å². The van der Waals surface area contributed by atoms with Gasteiger partial charge in [0.15, 0.2) is 0 Å². The van der Waals surface area contributed by atoms with Gasteiger partial charge in [0.05, 0.1) is 18.3 Å². The van der Waals surface area contributed by atoms with E-state index in [0.717, 1.165) is 26.1 Å². The number of hydrogen-bond donors (Lipinski definition) is 1. The van der Waals surface area contributed by atoms with E-state index in [-0.39, 0.29) is 17.7 Å². The molecule has 0 amide bonds. The third-order valence-electron chi connectivity index (χ3n) is 3.67. The van der Waals surface area contributed by atoms with Gasteiger partial charge in [-0.25, -0.2) is 0 Å². The van der Waals surface area contributed by atoms with E-state index in [4.69, 9.17) is 15.2 Å². The van der Waals surface area contributed by atoms with Crippen molar-refractivity contribution in [2.75, 3.05) is 26.8 Å². The van der Waals surface area contributed by atoms with Crippen LogP contribution in [0.4, 0.5) is 0 Å². The molecule has 3 unspecified atom stereocenters. The Hall–Kier alpha value is -0.160. The Morgan fingerprint density at radius 3 is 2.65 bits per heavy atom. The predicted molar refractivity (Wildman–Crippen MR) is 70.1 cm³/mol. The third-order valence-corrected chi connectivity index (χ3v) is 3.67. The van der Waals surface area contributed by atoms with E-state index >= 15 is 0 Å². The minimum Gasteiger partial charge on any atom is -0.379 e. The molecule has 17 heavy (non-hydrogen) atoms. The number of rotatable bonds is 5. The van der Waals surface area contributed by atoms with Crippen molar-refractivity contribution < 1.29 is 9.47 Å². The molecular formula is C13H28N2O2. The third kappa shape index (κ3) is 4.54. The highest BCUT2D eigenvalue weighted by molar-refractivity contribution is 4.83. The first-order valence-corrected chi connectivity index (χ1v) is 6.52. The number of nitrogens with zero attached hydrogens (tertiary/aromatic N) is 1. The summed E-state index contributed by atoms with van der Waals surface area (Å²) in [5, 5.41) is 0. The Kier molecular flexibility index (Phi) is 5.38. The maximum Gasteiger partial charge on any atom is 0.0850 e. The first kappa shape index (κ1) is 14.9. The highest BCUT2D eigenvalue weighted by Crippen LogP contribution is 2.21. The lowest BCUT2D eigenvalue weighted by Crippen LogP contribution is -2.53. The topological polar surface area (TPSA) is 47.7 Å². The lowest BCUT2D eigenvalue weighted by atomic mass is 9.98. The van der Waals surface area contributed by atoms with E-state index in [0.29, 0.717) is 6.04 Å². The molecule has 4 nitrogen and oxygen atoms in total. The maximum absolute atomic E-state index is 5.91. The quantitative estimate of drug-likeness (QED) is 0.790. The van der Waals surface area contributed by atoms with Crippen molar-refractivity contribution in [3.8, 4) is 0 Å². The molecule has 1 aliphatic rings. The van der Waals surface area contributed by atoms with Crippen LogP contribution in [0, 0.1) is 0 Å². The van der Waals surface area contributed by atoms with Gasteiger partial charge in [-0.15, -0.1) is 0 Å². The van der Waals surface area contributed by atoms with Gasteiger partial charge in [-0.2, -0.15) is 0 Å². The van der Waals surface area contributed by atoms with Crippen molar-refractivity contribution in [3.05, 3.63) is 0 Å². The van der Waals surface area contributed by atoms with Crippen LogP contribution in [-0.4, -0.2) is 55.5 Å². The lowest BCUT2D eigenvalue weighted by molar-refractivity contribution is -0.0660. The first-order valence-electron chi connectivity index (χ1n) is 6.52. The number of ether oxygens (including phenoxy) is 2. The summed E-state index contributed by atoms with van der Waals surface area (Å²) in [7, 11) is 1.77. The van der Waals surface area contributed by atoms with Crippen LogP contribution in [0.5, 0.6) is 0 Å². The number of methoxy groups -OCH3 is 1. The Balaban J connectivity index is 2.49. The monoisotopic (exact) mass is 244 g/mol. The van der Waals surface area contributed by atoms with E-state index < -0.39 is 0 Å². The van der Waals surface area contributed by atoms with Crippen molar-refractivity contribution >= 4 is 0 Å². The van der Waals surface area contributed by atoms with Gasteiger partial charge in [0, 0.05) is 32.3 Å². The average Bonchev–Trinajstić information content (AvgIpc) is 2.28. The Morgan fingerprint density at radius 2 is 2.12 bits per heavy atom. The first-order chi connectivity index (χ1) is 7.85. The van der Waals surface area contributed by atoms with Crippen LogP contribution in [0.1, 0.15) is 34.1 Å². The van der Waals surface area contributed by atoms with Crippen molar-refractivity contribution in [1.82, 2.24) is 4.90 Å². The minimum absolute atomic E-state index is 0.0679. The summed E-state index contributed by atoms with van der Waals surface area (Å²) in [6.07, 6.45) is 1.19. The molecule has 0 aromatic rings. The molecule has 0 aliphatic carbocycles.